The molecule has 3 amide bonds. The van der Waals surface area contributed by atoms with Gasteiger partial charge < -0.3 is 10.2 Å². The summed E-state index contributed by atoms with van der Waals surface area (Å²) in [7, 11) is 0. The molecule has 0 aromatic heterocycles. The Hall–Kier alpha value is -2.37. The van der Waals surface area contributed by atoms with Crippen molar-refractivity contribution in [1.29, 1.82) is 0 Å². The molecule has 1 N–H and O–H groups in total. The lowest BCUT2D eigenvalue weighted by Gasteiger charge is -2.48. The molecule has 6 heteroatoms. The Morgan fingerprint density at radius 1 is 1.13 bits per heavy atom. The van der Waals surface area contributed by atoms with Crippen molar-refractivity contribution in [3.63, 3.8) is 0 Å². The minimum atomic E-state index is -0.705. The molecular weight excluding hydrogens is 390 g/mol. The van der Waals surface area contributed by atoms with E-state index in [9.17, 15) is 14.4 Å². The van der Waals surface area contributed by atoms with Crippen LogP contribution in [0.1, 0.15) is 76.6 Å². The van der Waals surface area contributed by atoms with Gasteiger partial charge in [-0.2, -0.15) is 0 Å². The molecule has 2 saturated carbocycles. The van der Waals surface area contributed by atoms with Gasteiger partial charge in [0.1, 0.15) is 5.66 Å². The fourth-order valence-corrected chi connectivity index (χ4v) is 6.94. The first-order valence-electron chi connectivity index (χ1n) is 11.6. The Morgan fingerprint density at radius 2 is 1.87 bits per heavy atom. The Bertz CT molecular complexity index is 973. The summed E-state index contributed by atoms with van der Waals surface area (Å²) in [5, 5.41) is 3.30. The molecular formula is C25H33N3O3. The predicted octanol–water partition coefficient (Wildman–Crippen LogP) is 3.71. The predicted molar refractivity (Wildman–Crippen MR) is 118 cm³/mol. The lowest BCUT2D eigenvalue weighted by atomic mass is 9.69. The van der Waals surface area contributed by atoms with Crippen molar-refractivity contribution in [3.8, 4) is 0 Å². The summed E-state index contributed by atoms with van der Waals surface area (Å²) in [6.45, 7) is 9.26. The lowest BCUT2D eigenvalue weighted by molar-refractivity contribution is -0.123. The third kappa shape index (κ3) is 2.66. The SMILES string of the molecule is CC12CCC(=O)N1c1ccccc1C(=O)N2CCC(=O)NC1CC2CCC1(C)C2(C)C. The molecule has 0 spiro atoms. The smallest absolute Gasteiger partial charge is 0.257 e. The molecule has 2 aliphatic carbocycles. The number of hydrogen-bond donors (Lipinski definition) is 1. The fourth-order valence-electron chi connectivity index (χ4n) is 6.94. The molecule has 1 aromatic rings. The van der Waals surface area contributed by atoms with Crippen molar-refractivity contribution < 1.29 is 14.4 Å². The molecule has 1 saturated heterocycles. The van der Waals surface area contributed by atoms with Crippen LogP contribution in [0.4, 0.5) is 5.69 Å². The second-order valence-electron chi connectivity index (χ2n) is 10.9. The van der Waals surface area contributed by atoms with Crippen LogP contribution in [0.2, 0.25) is 0 Å². The van der Waals surface area contributed by atoms with Crippen LogP contribution in [0, 0.1) is 16.7 Å². The molecule has 4 atom stereocenters. The number of rotatable bonds is 4. The first-order valence-corrected chi connectivity index (χ1v) is 11.6. The molecule has 0 radical (unpaired) electrons. The van der Waals surface area contributed by atoms with Gasteiger partial charge in [-0.3, -0.25) is 19.3 Å². The van der Waals surface area contributed by atoms with Crippen LogP contribution in [0.3, 0.4) is 0 Å². The quantitative estimate of drug-likeness (QED) is 0.803. The Balaban J connectivity index is 1.32. The van der Waals surface area contributed by atoms with E-state index >= 15 is 0 Å². The van der Waals surface area contributed by atoms with Crippen LogP contribution in [0.5, 0.6) is 0 Å². The van der Waals surface area contributed by atoms with E-state index in [4.69, 9.17) is 0 Å². The molecule has 5 rings (SSSR count). The van der Waals surface area contributed by atoms with Gasteiger partial charge in [0.15, 0.2) is 0 Å². The number of nitrogens with zero attached hydrogens (tertiary/aromatic N) is 2. The largest absolute Gasteiger partial charge is 0.353 e. The topological polar surface area (TPSA) is 69.7 Å². The molecule has 3 fully saturated rings. The van der Waals surface area contributed by atoms with Crippen LogP contribution in [-0.2, 0) is 9.59 Å². The molecule has 166 valence electrons. The van der Waals surface area contributed by atoms with Gasteiger partial charge in [0.25, 0.3) is 5.91 Å². The van der Waals surface area contributed by atoms with Crippen molar-refractivity contribution in [2.45, 2.75) is 77.9 Å². The normalized spacial score (nSPS) is 35.4. The summed E-state index contributed by atoms with van der Waals surface area (Å²) in [5.74, 6) is 0.611. The highest BCUT2D eigenvalue weighted by atomic mass is 16.2. The zero-order valence-electron chi connectivity index (χ0n) is 19.0. The molecule has 4 aliphatic rings. The van der Waals surface area contributed by atoms with Crippen LogP contribution in [0.15, 0.2) is 24.3 Å². The Labute approximate surface area is 184 Å². The minimum absolute atomic E-state index is 0.000655. The number of amides is 3. The van der Waals surface area contributed by atoms with E-state index in [0.717, 1.165) is 12.8 Å². The highest BCUT2D eigenvalue weighted by Crippen LogP contribution is 2.65. The van der Waals surface area contributed by atoms with Crippen LogP contribution in [-0.4, -0.2) is 40.9 Å². The molecule has 2 bridgehead atoms. The first-order chi connectivity index (χ1) is 14.6. The van der Waals surface area contributed by atoms with E-state index < -0.39 is 5.66 Å². The van der Waals surface area contributed by atoms with Gasteiger partial charge in [-0.1, -0.05) is 32.9 Å². The number of carbonyl (C=O) groups is 3. The van der Waals surface area contributed by atoms with Gasteiger partial charge in [-0.05, 0) is 61.5 Å². The number of anilines is 1. The zero-order valence-corrected chi connectivity index (χ0v) is 19.0. The molecule has 6 nitrogen and oxygen atoms in total. The number of hydrogen-bond acceptors (Lipinski definition) is 3. The molecule has 2 heterocycles. The second-order valence-corrected chi connectivity index (χ2v) is 10.9. The summed E-state index contributed by atoms with van der Waals surface area (Å²) < 4.78 is 0. The van der Waals surface area contributed by atoms with Gasteiger partial charge >= 0.3 is 0 Å². The summed E-state index contributed by atoms with van der Waals surface area (Å²) in [6.07, 6.45) is 4.71. The van der Waals surface area contributed by atoms with Crippen molar-refractivity contribution in [2.24, 2.45) is 16.7 Å². The maximum atomic E-state index is 13.3. The van der Waals surface area contributed by atoms with Gasteiger partial charge in [-0.15, -0.1) is 0 Å². The van der Waals surface area contributed by atoms with E-state index in [2.05, 4.69) is 26.1 Å². The highest BCUT2D eigenvalue weighted by Gasteiger charge is 2.61. The Kier molecular flexibility index (Phi) is 4.35. The number of fused-ring (bicyclic) bond motifs is 5. The van der Waals surface area contributed by atoms with Crippen LogP contribution < -0.4 is 10.2 Å². The lowest BCUT2D eigenvalue weighted by Crippen LogP contribution is -2.62. The monoisotopic (exact) mass is 423 g/mol. The van der Waals surface area contributed by atoms with Crippen LogP contribution >= 0.6 is 0 Å². The number of benzene rings is 1. The van der Waals surface area contributed by atoms with Crippen molar-refractivity contribution in [1.82, 2.24) is 10.2 Å². The van der Waals surface area contributed by atoms with Gasteiger partial charge in [0.05, 0.1) is 11.3 Å². The van der Waals surface area contributed by atoms with Gasteiger partial charge in [0.2, 0.25) is 11.8 Å². The average molecular weight is 424 g/mol. The van der Waals surface area contributed by atoms with E-state index in [1.165, 1.54) is 6.42 Å². The van der Waals surface area contributed by atoms with Crippen molar-refractivity contribution >= 4 is 23.4 Å². The van der Waals surface area contributed by atoms with E-state index in [1.807, 2.05) is 25.1 Å². The molecule has 1 aromatic carbocycles. The Morgan fingerprint density at radius 3 is 2.55 bits per heavy atom. The zero-order chi connectivity index (χ0) is 22.2. The van der Waals surface area contributed by atoms with Gasteiger partial charge in [0, 0.05) is 25.4 Å². The average Bonchev–Trinajstić information content (AvgIpc) is 3.22. The number of carbonyl (C=O) groups excluding carboxylic acids is 3. The summed E-state index contributed by atoms with van der Waals surface area (Å²) >= 11 is 0. The van der Waals surface area contributed by atoms with Crippen LogP contribution in [0.25, 0.3) is 0 Å². The van der Waals surface area contributed by atoms with Crippen molar-refractivity contribution in [3.05, 3.63) is 29.8 Å². The standard InChI is InChI=1S/C25H33N3O3/c1-23(2)16-9-12-24(23,3)19(15-16)26-20(29)11-14-27-22(31)17-7-5-6-8-18(17)28-21(30)10-13-25(27,28)4/h5-8,16,19H,9-15H2,1-4H3,(H,26,29). The summed E-state index contributed by atoms with van der Waals surface area (Å²) in [6, 6.07) is 7.50. The second kappa shape index (κ2) is 6.57. The fraction of sp³-hybridized carbons (Fsp3) is 0.640. The highest BCUT2D eigenvalue weighted by molar-refractivity contribution is 6.10. The third-order valence-corrected chi connectivity index (χ3v) is 9.44. The first kappa shape index (κ1) is 20.5. The summed E-state index contributed by atoms with van der Waals surface area (Å²) in [5.41, 5.74) is 0.903. The van der Waals surface area contributed by atoms with Gasteiger partial charge in [-0.25, -0.2) is 0 Å². The molecule has 4 unspecified atom stereocenters. The summed E-state index contributed by atoms with van der Waals surface area (Å²) in [4.78, 5) is 42.5. The maximum Gasteiger partial charge on any atom is 0.257 e. The minimum Gasteiger partial charge on any atom is -0.353 e. The number of para-hydroxylation sites is 1. The number of nitrogens with one attached hydrogen (secondary N) is 1. The van der Waals surface area contributed by atoms with E-state index in [1.54, 1.807) is 15.9 Å². The van der Waals surface area contributed by atoms with E-state index in [0.29, 0.717) is 36.6 Å². The maximum absolute atomic E-state index is 13.3. The molecule has 31 heavy (non-hydrogen) atoms. The van der Waals surface area contributed by atoms with Crippen molar-refractivity contribution in [2.75, 3.05) is 11.4 Å². The third-order valence-electron chi connectivity index (χ3n) is 9.44. The molecule has 2 aliphatic heterocycles. The van der Waals surface area contributed by atoms with E-state index in [-0.39, 0.29) is 41.0 Å².